The summed E-state index contributed by atoms with van der Waals surface area (Å²) in [5.41, 5.74) is 1.88. The van der Waals surface area contributed by atoms with Gasteiger partial charge in [-0.05, 0) is 49.2 Å². The molecule has 3 aromatic rings. The van der Waals surface area contributed by atoms with Crippen LogP contribution in [0.25, 0.3) is 0 Å². The van der Waals surface area contributed by atoms with E-state index in [0.29, 0.717) is 24.7 Å². The van der Waals surface area contributed by atoms with Crippen LogP contribution in [0.3, 0.4) is 0 Å². The Morgan fingerprint density at radius 3 is 2.56 bits per heavy atom. The Morgan fingerprint density at radius 1 is 1.00 bits per heavy atom. The number of nitrogens with zero attached hydrogens (tertiary/aromatic N) is 1. The Morgan fingerprint density at radius 2 is 1.72 bits per heavy atom. The molecule has 5 rings (SSSR count). The molecule has 36 heavy (non-hydrogen) atoms. The summed E-state index contributed by atoms with van der Waals surface area (Å²) in [6, 6.07) is 17.9. The number of amides is 1. The lowest BCUT2D eigenvalue weighted by Gasteiger charge is -2.22. The van der Waals surface area contributed by atoms with E-state index < -0.39 is 22.6 Å². The first-order chi connectivity index (χ1) is 17.3. The summed E-state index contributed by atoms with van der Waals surface area (Å²) in [7, 11) is -4.06. The number of carbonyl (C=O) groups excluding carboxylic acids is 2. The predicted octanol–water partition coefficient (Wildman–Crippen LogP) is 3.39. The molecular weight excluding hydrogens is 484 g/mol. The maximum Gasteiger partial charge on any atom is 0.340 e. The highest BCUT2D eigenvalue weighted by molar-refractivity contribution is 7.92. The van der Waals surface area contributed by atoms with Gasteiger partial charge >= 0.3 is 5.97 Å². The molecule has 0 saturated carbocycles. The standard InChI is InChI=1S/C26H24N2O7S/c1-17-14-18-6-2-5-9-22(18)28(17)25(29)16-35-26(30)20-7-3-4-8-21(20)27-36(31,32)19-10-11-23-24(15-19)34-13-12-33-23/h2-11,15,17,27H,12-14,16H2,1H3. The molecule has 0 spiro atoms. The number of anilines is 2. The van der Waals surface area contributed by atoms with Crippen molar-refractivity contribution < 1.29 is 32.2 Å². The van der Waals surface area contributed by atoms with Gasteiger partial charge < -0.3 is 19.1 Å². The molecule has 0 bridgehead atoms. The number of esters is 1. The van der Waals surface area contributed by atoms with Crippen LogP contribution in [-0.2, 0) is 26.0 Å². The van der Waals surface area contributed by atoms with Gasteiger partial charge in [-0.15, -0.1) is 0 Å². The summed E-state index contributed by atoms with van der Waals surface area (Å²) in [6.45, 7) is 2.17. The lowest BCUT2D eigenvalue weighted by molar-refractivity contribution is -0.122. The third-order valence-electron chi connectivity index (χ3n) is 6.02. The van der Waals surface area contributed by atoms with E-state index in [4.69, 9.17) is 14.2 Å². The fraction of sp³-hybridized carbons (Fsp3) is 0.231. The van der Waals surface area contributed by atoms with Gasteiger partial charge in [-0.2, -0.15) is 0 Å². The van der Waals surface area contributed by atoms with Crippen molar-refractivity contribution in [1.29, 1.82) is 0 Å². The van der Waals surface area contributed by atoms with Crippen molar-refractivity contribution in [3.8, 4) is 11.5 Å². The van der Waals surface area contributed by atoms with Crippen LogP contribution in [0.4, 0.5) is 11.4 Å². The number of hydrogen-bond acceptors (Lipinski definition) is 7. The number of nitrogens with one attached hydrogen (secondary N) is 1. The number of rotatable bonds is 6. The maximum absolute atomic E-state index is 13.0. The van der Waals surface area contributed by atoms with Crippen LogP contribution in [0.2, 0.25) is 0 Å². The van der Waals surface area contributed by atoms with Crippen molar-refractivity contribution in [3.05, 3.63) is 77.9 Å². The first kappa shape index (κ1) is 23.7. The third-order valence-corrected chi connectivity index (χ3v) is 7.38. The number of fused-ring (bicyclic) bond motifs is 2. The first-order valence-corrected chi connectivity index (χ1v) is 12.9. The Kier molecular flexibility index (Phi) is 6.27. The molecule has 1 amide bonds. The van der Waals surface area contributed by atoms with Crippen LogP contribution in [0, 0.1) is 0 Å². The van der Waals surface area contributed by atoms with Gasteiger partial charge in [-0.3, -0.25) is 9.52 Å². The molecule has 9 nitrogen and oxygen atoms in total. The largest absolute Gasteiger partial charge is 0.486 e. The van der Waals surface area contributed by atoms with E-state index in [1.807, 2.05) is 31.2 Å². The minimum Gasteiger partial charge on any atom is -0.486 e. The number of hydrogen-bond donors (Lipinski definition) is 1. The third kappa shape index (κ3) is 4.59. The van der Waals surface area contributed by atoms with Gasteiger partial charge in [0.25, 0.3) is 15.9 Å². The van der Waals surface area contributed by atoms with Crippen LogP contribution in [0.5, 0.6) is 11.5 Å². The smallest absolute Gasteiger partial charge is 0.340 e. The molecule has 0 aliphatic carbocycles. The lowest BCUT2D eigenvalue weighted by Crippen LogP contribution is -2.38. The summed E-state index contributed by atoms with van der Waals surface area (Å²) >= 11 is 0. The molecular formula is C26H24N2O7S. The fourth-order valence-corrected chi connectivity index (χ4v) is 5.46. The number of sulfonamides is 1. The molecule has 2 aliphatic rings. The van der Waals surface area contributed by atoms with Gasteiger partial charge in [0, 0.05) is 17.8 Å². The van der Waals surface area contributed by atoms with Crippen LogP contribution in [0.15, 0.2) is 71.6 Å². The minimum absolute atomic E-state index is 0.0127. The van der Waals surface area contributed by atoms with Crippen molar-refractivity contribution >= 4 is 33.3 Å². The van der Waals surface area contributed by atoms with Gasteiger partial charge in [0.05, 0.1) is 16.1 Å². The van der Waals surface area contributed by atoms with E-state index in [0.717, 1.165) is 17.7 Å². The van der Waals surface area contributed by atoms with Gasteiger partial charge in [-0.25, -0.2) is 13.2 Å². The average Bonchev–Trinajstić information content (AvgIpc) is 3.22. The predicted molar refractivity (Wildman–Crippen MR) is 132 cm³/mol. The lowest BCUT2D eigenvalue weighted by atomic mass is 10.1. The summed E-state index contributed by atoms with van der Waals surface area (Å²) in [5.74, 6) is -0.379. The summed E-state index contributed by atoms with van der Waals surface area (Å²) in [4.78, 5) is 27.3. The van der Waals surface area contributed by atoms with Crippen LogP contribution in [-0.4, -0.2) is 46.2 Å². The number of benzene rings is 3. The monoisotopic (exact) mass is 508 g/mol. The van der Waals surface area contributed by atoms with Crippen molar-refractivity contribution in [2.45, 2.75) is 24.3 Å². The summed E-state index contributed by atoms with van der Waals surface area (Å²) in [6.07, 6.45) is 0.723. The molecule has 2 heterocycles. The molecule has 1 unspecified atom stereocenters. The van der Waals surface area contributed by atoms with Crippen molar-refractivity contribution in [2.24, 2.45) is 0 Å². The molecule has 0 aromatic heterocycles. The second-order valence-corrected chi connectivity index (χ2v) is 10.2. The second kappa shape index (κ2) is 9.54. The Hall–Kier alpha value is -4.05. The molecule has 3 aromatic carbocycles. The van der Waals surface area contributed by atoms with Crippen molar-refractivity contribution in [3.63, 3.8) is 0 Å². The highest BCUT2D eigenvalue weighted by atomic mass is 32.2. The summed E-state index contributed by atoms with van der Waals surface area (Å²) in [5, 5.41) is 0. The number of para-hydroxylation sites is 2. The van der Waals surface area contributed by atoms with Crippen molar-refractivity contribution in [2.75, 3.05) is 29.4 Å². The van der Waals surface area contributed by atoms with E-state index in [1.165, 1.54) is 30.3 Å². The van der Waals surface area contributed by atoms with Gasteiger partial charge in [0.2, 0.25) is 0 Å². The second-order valence-electron chi connectivity index (χ2n) is 8.48. The molecule has 10 heteroatoms. The van der Waals surface area contributed by atoms with Crippen LogP contribution in [0.1, 0.15) is 22.8 Å². The average molecular weight is 509 g/mol. The van der Waals surface area contributed by atoms with Gasteiger partial charge in [0.1, 0.15) is 13.2 Å². The van der Waals surface area contributed by atoms with E-state index in [2.05, 4.69) is 4.72 Å². The fourth-order valence-electron chi connectivity index (χ4n) is 4.36. The van der Waals surface area contributed by atoms with E-state index >= 15 is 0 Å². The zero-order chi connectivity index (χ0) is 25.3. The quantitative estimate of drug-likeness (QED) is 0.508. The molecule has 186 valence electrons. The van der Waals surface area contributed by atoms with Crippen molar-refractivity contribution in [1.82, 2.24) is 0 Å². The van der Waals surface area contributed by atoms with Crippen LogP contribution < -0.4 is 19.1 Å². The zero-order valence-corrected chi connectivity index (χ0v) is 20.3. The zero-order valence-electron chi connectivity index (χ0n) is 19.5. The topological polar surface area (TPSA) is 111 Å². The Labute approximate surface area is 208 Å². The van der Waals surface area contributed by atoms with Crippen LogP contribution >= 0.6 is 0 Å². The van der Waals surface area contributed by atoms with Gasteiger partial charge in [0.15, 0.2) is 18.1 Å². The molecule has 0 fully saturated rings. The van der Waals surface area contributed by atoms with E-state index in [1.54, 1.807) is 17.0 Å². The molecule has 2 aliphatic heterocycles. The number of carbonyl (C=O) groups is 2. The minimum atomic E-state index is -4.06. The van der Waals surface area contributed by atoms with E-state index in [9.17, 15) is 18.0 Å². The highest BCUT2D eigenvalue weighted by Crippen LogP contribution is 2.34. The molecule has 0 saturated heterocycles. The Bertz CT molecular complexity index is 1440. The maximum atomic E-state index is 13.0. The highest BCUT2D eigenvalue weighted by Gasteiger charge is 2.31. The SMILES string of the molecule is CC1Cc2ccccc2N1C(=O)COC(=O)c1ccccc1NS(=O)(=O)c1ccc2c(c1)OCCO2. The Balaban J connectivity index is 1.30. The number of ether oxygens (including phenoxy) is 3. The first-order valence-electron chi connectivity index (χ1n) is 11.4. The van der Waals surface area contributed by atoms with Gasteiger partial charge in [-0.1, -0.05) is 30.3 Å². The molecule has 1 atom stereocenters. The molecule has 1 N–H and O–H groups in total. The summed E-state index contributed by atoms with van der Waals surface area (Å²) < 4.78 is 44.7. The molecule has 0 radical (unpaired) electrons. The normalized spacial score (nSPS) is 16.2. The van der Waals surface area contributed by atoms with E-state index in [-0.39, 0.29) is 28.1 Å².